The van der Waals surface area contributed by atoms with E-state index in [1.54, 1.807) is 0 Å². The van der Waals surface area contributed by atoms with Crippen LogP contribution >= 0.6 is 12.2 Å². The number of rotatable bonds is 4. The average Bonchev–Trinajstić information content (AvgIpc) is 1.93. The predicted octanol–water partition coefficient (Wildman–Crippen LogP) is 1.95. The summed E-state index contributed by atoms with van der Waals surface area (Å²) in [7, 11) is 0.921. The van der Waals surface area contributed by atoms with Crippen LogP contribution < -0.4 is 5.73 Å². The fourth-order valence-electron chi connectivity index (χ4n) is 1.04. The van der Waals surface area contributed by atoms with Crippen molar-refractivity contribution in [3.63, 3.8) is 0 Å². The molecule has 0 bridgehead atoms. The lowest BCUT2D eigenvalue weighted by molar-refractivity contribution is -0.171. The van der Waals surface area contributed by atoms with Crippen LogP contribution in [-0.4, -0.2) is 42.4 Å². The zero-order valence-electron chi connectivity index (χ0n) is 8.19. The van der Waals surface area contributed by atoms with Gasteiger partial charge in [0.25, 0.3) is 0 Å². The van der Waals surface area contributed by atoms with Gasteiger partial charge in [-0.25, -0.2) is 0 Å². The molecule has 0 saturated carbocycles. The van der Waals surface area contributed by atoms with Crippen molar-refractivity contribution in [1.29, 1.82) is 0 Å². The maximum atomic E-state index is 12.3. The van der Waals surface area contributed by atoms with Crippen LogP contribution in [0.4, 0.5) is 26.3 Å². The normalized spacial score (nSPS) is 15.2. The topological polar surface area (TPSA) is 29.3 Å². The molecular formula is C7H10F6N2S. The molecule has 1 atom stereocenters. The van der Waals surface area contributed by atoms with Gasteiger partial charge in [-0.15, -0.1) is 0 Å². The summed E-state index contributed by atoms with van der Waals surface area (Å²) in [5.74, 6) is -2.23. The molecule has 0 aliphatic carbocycles. The minimum atomic E-state index is -4.73. The number of nitrogens with two attached hydrogens (primary N) is 1. The van der Waals surface area contributed by atoms with Crippen LogP contribution in [0.5, 0.6) is 0 Å². The minimum Gasteiger partial charge on any atom is -0.393 e. The molecule has 2 nitrogen and oxygen atoms in total. The van der Waals surface area contributed by atoms with E-state index in [0.717, 1.165) is 7.05 Å². The first-order chi connectivity index (χ1) is 6.93. The molecule has 0 aliphatic rings. The minimum absolute atomic E-state index is 0.483. The molecule has 0 fully saturated rings. The molecule has 96 valence electrons. The van der Waals surface area contributed by atoms with E-state index in [1.807, 2.05) is 0 Å². The molecule has 2 N–H and O–H groups in total. The number of halogens is 6. The summed E-state index contributed by atoms with van der Waals surface area (Å²) in [6.07, 6.45) is -9.28. The standard InChI is InChI=1S/C7H10F6N2S/c1-15(3-6(8,9)10)2-4(5(14)16)7(11,12)13/h4H,2-3H2,1H3,(H2,14,16). The first-order valence-corrected chi connectivity index (χ1v) is 4.45. The van der Waals surface area contributed by atoms with E-state index in [9.17, 15) is 26.3 Å². The zero-order chi connectivity index (χ0) is 13.1. The summed E-state index contributed by atoms with van der Waals surface area (Å²) in [6.45, 7) is -2.35. The Balaban J connectivity index is 4.49. The molecule has 0 amide bonds. The second-order valence-corrected chi connectivity index (χ2v) is 3.78. The molecule has 0 spiro atoms. The highest BCUT2D eigenvalue weighted by atomic mass is 32.1. The molecule has 0 aromatic carbocycles. The van der Waals surface area contributed by atoms with Crippen molar-refractivity contribution in [1.82, 2.24) is 4.90 Å². The largest absolute Gasteiger partial charge is 0.401 e. The molecule has 0 heterocycles. The first kappa shape index (κ1) is 15.4. The van der Waals surface area contributed by atoms with Gasteiger partial charge in [0.1, 0.15) is 5.92 Å². The Labute approximate surface area is 93.4 Å². The third-order valence-electron chi connectivity index (χ3n) is 1.68. The van der Waals surface area contributed by atoms with Crippen LogP contribution in [0.3, 0.4) is 0 Å². The van der Waals surface area contributed by atoms with Gasteiger partial charge in [0, 0.05) is 6.54 Å². The Morgan fingerprint density at radius 3 is 1.94 bits per heavy atom. The summed E-state index contributed by atoms with van der Waals surface area (Å²) in [5, 5.41) is 0. The van der Waals surface area contributed by atoms with Crippen LogP contribution in [0, 0.1) is 5.92 Å². The fraction of sp³-hybridized carbons (Fsp3) is 0.857. The highest BCUT2D eigenvalue weighted by Gasteiger charge is 2.43. The summed E-state index contributed by atoms with van der Waals surface area (Å²) >= 11 is 4.17. The van der Waals surface area contributed by atoms with Crippen molar-refractivity contribution >= 4 is 17.2 Å². The van der Waals surface area contributed by atoms with E-state index in [2.05, 4.69) is 12.2 Å². The van der Waals surface area contributed by atoms with Crippen LogP contribution in [-0.2, 0) is 0 Å². The molecule has 9 heteroatoms. The molecule has 0 aromatic rings. The monoisotopic (exact) mass is 268 g/mol. The molecular weight excluding hydrogens is 258 g/mol. The van der Waals surface area contributed by atoms with E-state index < -0.39 is 36.3 Å². The van der Waals surface area contributed by atoms with Gasteiger partial charge in [-0.3, -0.25) is 4.90 Å². The van der Waals surface area contributed by atoms with Gasteiger partial charge < -0.3 is 5.73 Å². The van der Waals surface area contributed by atoms with Crippen LogP contribution in [0.25, 0.3) is 0 Å². The van der Waals surface area contributed by atoms with Gasteiger partial charge in [0.15, 0.2) is 0 Å². The van der Waals surface area contributed by atoms with E-state index in [-0.39, 0.29) is 0 Å². The van der Waals surface area contributed by atoms with Gasteiger partial charge in [-0.05, 0) is 7.05 Å². The molecule has 0 aromatic heterocycles. The molecule has 0 aliphatic heterocycles. The van der Waals surface area contributed by atoms with Crippen molar-refractivity contribution in [2.45, 2.75) is 12.4 Å². The Kier molecular flexibility index (Phi) is 4.99. The number of alkyl halides is 6. The molecule has 0 rings (SSSR count). The van der Waals surface area contributed by atoms with E-state index in [4.69, 9.17) is 5.73 Å². The van der Waals surface area contributed by atoms with Crippen molar-refractivity contribution in [3.8, 4) is 0 Å². The molecule has 0 saturated heterocycles. The number of hydrogen-bond donors (Lipinski definition) is 1. The third-order valence-corrected chi connectivity index (χ3v) is 1.97. The van der Waals surface area contributed by atoms with Crippen molar-refractivity contribution in [2.24, 2.45) is 11.7 Å². The van der Waals surface area contributed by atoms with E-state index in [1.165, 1.54) is 0 Å². The van der Waals surface area contributed by atoms with Gasteiger partial charge >= 0.3 is 12.4 Å². The van der Waals surface area contributed by atoms with Crippen molar-refractivity contribution in [2.75, 3.05) is 20.1 Å². The SMILES string of the molecule is CN(CC(C(N)=S)C(F)(F)F)CC(F)(F)F. The second kappa shape index (κ2) is 5.17. The lowest BCUT2D eigenvalue weighted by Gasteiger charge is -2.25. The van der Waals surface area contributed by atoms with Gasteiger partial charge in [0.2, 0.25) is 0 Å². The molecule has 1 unspecified atom stereocenters. The summed E-state index contributed by atoms with van der Waals surface area (Å²) in [6, 6.07) is 0. The fourth-order valence-corrected chi connectivity index (χ4v) is 1.25. The maximum Gasteiger partial charge on any atom is 0.401 e. The van der Waals surface area contributed by atoms with Crippen molar-refractivity contribution in [3.05, 3.63) is 0 Å². The van der Waals surface area contributed by atoms with Gasteiger partial charge in [-0.1, -0.05) is 12.2 Å². The average molecular weight is 268 g/mol. The van der Waals surface area contributed by atoms with Crippen LogP contribution in [0.15, 0.2) is 0 Å². The Hall–Kier alpha value is -0.570. The summed E-state index contributed by atoms with van der Waals surface area (Å²) < 4.78 is 72.5. The second-order valence-electron chi connectivity index (χ2n) is 3.31. The Bertz CT molecular complexity index is 248. The summed E-state index contributed by atoms with van der Waals surface area (Å²) in [4.78, 5) is -0.376. The highest BCUT2D eigenvalue weighted by molar-refractivity contribution is 7.80. The van der Waals surface area contributed by atoms with Crippen LogP contribution in [0.1, 0.15) is 0 Å². The van der Waals surface area contributed by atoms with Gasteiger partial charge in [-0.2, -0.15) is 26.3 Å². The van der Waals surface area contributed by atoms with Crippen molar-refractivity contribution < 1.29 is 26.3 Å². The van der Waals surface area contributed by atoms with Crippen LogP contribution in [0.2, 0.25) is 0 Å². The van der Waals surface area contributed by atoms with E-state index in [0.29, 0.717) is 4.90 Å². The Morgan fingerprint density at radius 2 is 1.69 bits per heavy atom. The van der Waals surface area contributed by atoms with E-state index >= 15 is 0 Å². The maximum absolute atomic E-state index is 12.3. The number of nitrogens with zero attached hydrogens (tertiary/aromatic N) is 1. The Morgan fingerprint density at radius 1 is 1.25 bits per heavy atom. The first-order valence-electron chi connectivity index (χ1n) is 4.05. The molecule has 16 heavy (non-hydrogen) atoms. The number of thiocarbonyl (C=S) groups is 1. The highest BCUT2D eigenvalue weighted by Crippen LogP contribution is 2.28. The quantitative estimate of drug-likeness (QED) is 0.624. The number of hydrogen-bond acceptors (Lipinski definition) is 2. The predicted molar refractivity (Wildman–Crippen MR) is 49.9 cm³/mol. The molecule has 0 radical (unpaired) electrons. The van der Waals surface area contributed by atoms with Gasteiger partial charge in [0.05, 0.1) is 11.5 Å². The lowest BCUT2D eigenvalue weighted by Crippen LogP contribution is -2.44. The zero-order valence-corrected chi connectivity index (χ0v) is 9.01. The smallest absolute Gasteiger partial charge is 0.393 e. The summed E-state index contributed by atoms with van der Waals surface area (Å²) in [5.41, 5.74) is 4.84. The lowest BCUT2D eigenvalue weighted by atomic mass is 10.1. The third kappa shape index (κ3) is 6.11.